The highest BCUT2D eigenvalue weighted by Crippen LogP contribution is 2.41. The number of nitro groups is 1. The van der Waals surface area contributed by atoms with E-state index >= 15 is 0 Å². The van der Waals surface area contributed by atoms with Crippen LogP contribution in [-0.2, 0) is 6.54 Å². The Morgan fingerprint density at radius 2 is 2.00 bits per heavy atom. The highest BCUT2D eigenvalue weighted by molar-refractivity contribution is 5.52. The lowest BCUT2D eigenvalue weighted by Crippen LogP contribution is -2.03. The average molecular weight is 286 g/mol. The largest absolute Gasteiger partial charge is 0.381 e. The summed E-state index contributed by atoms with van der Waals surface area (Å²) in [7, 11) is 0. The molecule has 1 N–H and O–H groups in total. The molecule has 108 valence electrons. The SMILES string of the molecule is O=[N+]([O-])c1cc(F)cc(NCc2ccccc2C2CC2)c1. The molecule has 0 atom stereocenters. The molecule has 1 fully saturated rings. The number of hydrogen-bond acceptors (Lipinski definition) is 3. The van der Waals surface area contributed by atoms with E-state index in [9.17, 15) is 14.5 Å². The fourth-order valence-corrected chi connectivity index (χ4v) is 2.47. The zero-order chi connectivity index (χ0) is 14.8. The normalized spacial score (nSPS) is 14.0. The maximum atomic E-state index is 13.4. The van der Waals surface area contributed by atoms with Crippen molar-refractivity contribution < 1.29 is 9.31 Å². The van der Waals surface area contributed by atoms with E-state index in [0.717, 1.165) is 11.6 Å². The molecule has 3 rings (SSSR count). The van der Waals surface area contributed by atoms with Crippen LogP contribution < -0.4 is 5.32 Å². The molecule has 0 bridgehead atoms. The molecule has 2 aromatic carbocycles. The fourth-order valence-electron chi connectivity index (χ4n) is 2.47. The van der Waals surface area contributed by atoms with Gasteiger partial charge in [-0.2, -0.15) is 0 Å². The number of nitrogens with zero attached hydrogens (tertiary/aromatic N) is 1. The number of benzene rings is 2. The van der Waals surface area contributed by atoms with Crippen LogP contribution in [0.15, 0.2) is 42.5 Å². The van der Waals surface area contributed by atoms with E-state index < -0.39 is 10.7 Å². The van der Waals surface area contributed by atoms with Crippen LogP contribution >= 0.6 is 0 Å². The third-order valence-corrected chi connectivity index (χ3v) is 3.65. The average Bonchev–Trinajstić information content (AvgIpc) is 3.29. The number of anilines is 1. The number of hydrogen-bond donors (Lipinski definition) is 1. The molecule has 0 spiro atoms. The smallest absolute Gasteiger partial charge is 0.274 e. The highest BCUT2D eigenvalue weighted by Gasteiger charge is 2.25. The molecular weight excluding hydrogens is 271 g/mol. The molecule has 2 aromatic rings. The van der Waals surface area contributed by atoms with Crippen LogP contribution in [0.1, 0.15) is 29.9 Å². The van der Waals surface area contributed by atoms with Gasteiger partial charge in [-0.15, -0.1) is 0 Å². The highest BCUT2D eigenvalue weighted by atomic mass is 19.1. The molecule has 0 saturated heterocycles. The topological polar surface area (TPSA) is 55.2 Å². The van der Waals surface area contributed by atoms with Crippen LogP contribution in [0.3, 0.4) is 0 Å². The molecule has 4 nitrogen and oxygen atoms in total. The summed E-state index contributed by atoms with van der Waals surface area (Å²) in [4.78, 5) is 10.2. The molecule has 0 aromatic heterocycles. The van der Waals surface area contributed by atoms with E-state index in [4.69, 9.17) is 0 Å². The van der Waals surface area contributed by atoms with Gasteiger partial charge in [0, 0.05) is 18.3 Å². The number of non-ortho nitro benzene ring substituents is 1. The summed E-state index contributed by atoms with van der Waals surface area (Å²) in [6.45, 7) is 0.535. The van der Waals surface area contributed by atoms with Gasteiger partial charge in [0.25, 0.3) is 5.69 Å². The van der Waals surface area contributed by atoms with Crippen LogP contribution in [0.2, 0.25) is 0 Å². The number of rotatable bonds is 5. The zero-order valence-electron chi connectivity index (χ0n) is 11.4. The van der Waals surface area contributed by atoms with Crippen LogP contribution in [0.25, 0.3) is 0 Å². The van der Waals surface area contributed by atoms with Gasteiger partial charge in [-0.1, -0.05) is 24.3 Å². The molecule has 0 radical (unpaired) electrons. The van der Waals surface area contributed by atoms with Gasteiger partial charge in [-0.05, 0) is 36.0 Å². The molecular formula is C16H15FN2O2. The third kappa shape index (κ3) is 3.18. The van der Waals surface area contributed by atoms with Crippen LogP contribution in [0, 0.1) is 15.9 Å². The van der Waals surface area contributed by atoms with Gasteiger partial charge in [-0.3, -0.25) is 10.1 Å². The van der Waals surface area contributed by atoms with Crippen molar-refractivity contribution in [3.8, 4) is 0 Å². The molecule has 0 unspecified atom stereocenters. The summed E-state index contributed by atoms with van der Waals surface area (Å²) < 4.78 is 13.4. The molecule has 1 saturated carbocycles. The first-order valence-corrected chi connectivity index (χ1v) is 6.90. The van der Waals surface area contributed by atoms with E-state index in [1.165, 1.54) is 30.5 Å². The Morgan fingerprint density at radius 3 is 2.71 bits per heavy atom. The maximum absolute atomic E-state index is 13.4. The lowest BCUT2D eigenvalue weighted by molar-refractivity contribution is -0.385. The number of halogens is 1. The quantitative estimate of drug-likeness (QED) is 0.661. The molecule has 1 aliphatic carbocycles. The maximum Gasteiger partial charge on any atom is 0.274 e. The van der Waals surface area contributed by atoms with Gasteiger partial charge >= 0.3 is 0 Å². The van der Waals surface area contributed by atoms with Crippen molar-refractivity contribution in [1.29, 1.82) is 0 Å². The predicted molar refractivity (Wildman–Crippen MR) is 78.8 cm³/mol. The third-order valence-electron chi connectivity index (χ3n) is 3.65. The van der Waals surface area contributed by atoms with Crippen molar-refractivity contribution in [3.63, 3.8) is 0 Å². The molecule has 0 amide bonds. The molecule has 1 aliphatic rings. The lowest BCUT2D eigenvalue weighted by Gasteiger charge is -2.11. The van der Waals surface area contributed by atoms with E-state index in [-0.39, 0.29) is 5.69 Å². The lowest BCUT2D eigenvalue weighted by atomic mass is 10.0. The van der Waals surface area contributed by atoms with E-state index in [1.807, 2.05) is 18.2 Å². The Balaban J connectivity index is 1.77. The fraction of sp³-hybridized carbons (Fsp3) is 0.250. The summed E-state index contributed by atoms with van der Waals surface area (Å²) in [5.41, 5.74) is 2.66. The van der Waals surface area contributed by atoms with E-state index in [2.05, 4.69) is 11.4 Å². The van der Waals surface area contributed by atoms with Crippen molar-refractivity contribution in [2.75, 3.05) is 5.32 Å². The Kier molecular flexibility index (Phi) is 3.56. The minimum atomic E-state index is -0.609. The Bertz CT molecular complexity index is 684. The Morgan fingerprint density at radius 1 is 1.24 bits per heavy atom. The molecule has 0 aliphatic heterocycles. The monoisotopic (exact) mass is 286 g/mol. The zero-order valence-corrected chi connectivity index (χ0v) is 11.4. The minimum absolute atomic E-state index is 0.243. The van der Waals surface area contributed by atoms with E-state index in [0.29, 0.717) is 18.2 Å². The summed E-state index contributed by atoms with van der Waals surface area (Å²) >= 11 is 0. The van der Waals surface area contributed by atoms with Gasteiger partial charge in [0.2, 0.25) is 0 Å². The first-order valence-electron chi connectivity index (χ1n) is 6.90. The summed E-state index contributed by atoms with van der Waals surface area (Å²) in [5, 5.41) is 13.8. The van der Waals surface area contributed by atoms with Crippen molar-refractivity contribution in [2.45, 2.75) is 25.3 Å². The van der Waals surface area contributed by atoms with Crippen molar-refractivity contribution in [1.82, 2.24) is 0 Å². The van der Waals surface area contributed by atoms with Gasteiger partial charge in [0.05, 0.1) is 11.0 Å². The van der Waals surface area contributed by atoms with Crippen LogP contribution in [-0.4, -0.2) is 4.92 Å². The van der Waals surface area contributed by atoms with Crippen LogP contribution in [0.4, 0.5) is 15.8 Å². The summed E-state index contributed by atoms with van der Waals surface area (Å²) in [6, 6.07) is 11.7. The van der Waals surface area contributed by atoms with Gasteiger partial charge in [0.15, 0.2) is 0 Å². The standard InChI is InChI=1S/C16H15FN2O2/c17-13-7-14(9-15(8-13)19(20)21)18-10-12-3-1-2-4-16(12)11-5-6-11/h1-4,7-9,11,18H,5-6,10H2. The predicted octanol–water partition coefficient (Wildman–Crippen LogP) is 4.22. The minimum Gasteiger partial charge on any atom is -0.381 e. The van der Waals surface area contributed by atoms with Crippen molar-refractivity contribution in [2.24, 2.45) is 0 Å². The van der Waals surface area contributed by atoms with Crippen LogP contribution in [0.5, 0.6) is 0 Å². The first kappa shape index (κ1) is 13.5. The van der Waals surface area contributed by atoms with Crippen molar-refractivity contribution >= 4 is 11.4 Å². The molecule has 21 heavy (non-hydrogen) atoms. The second-order valence-electron chi connectivity index (χ2n) is 5.28. The van der Waals surface area contributed by atoms with Gasteiger partial charge in [0.1, 0.15) is 5.82 Å². The van der Waals surface area contributed by atoms with Crippen molar-refractivity contribution in [3.05, 3.63) is 69.5 Å². The van der Waals surface area contributed by atoms with Gasteiger partial charge < -0.3 is 5.32 Å². The van der Waals surface area contributed by atoms with Gasteiger partial charge in [-0.25, -0.2) is 4.39 Å². The molecule has 5 heteroatoms. The second kappa shape index (κ2) is 5.52. The van der Waals surface area contributed by atoms with E-state index in [1.54, 1.807) is 0 Å². The number of nitrogens with one attached hydrogen (secondary N) is 1. The number of nitro benzene ring substituents is 1. The molecule has 0 heterocycles. The Labute approximate surface area is 121 Å². The summed E-state index contributed by atoms with van der Waals surface area (Å²) in [5.74, 6) is 0.0204. The summed E-state index contributed by atoms with van der Waals surface area (Å²) in [6.07, 6.45) is 2.42. The first-order chi connectivity index (χ1) is 10.1. The second-order valence-corrected chi connectivity index (χ2v) is 5.28. The Hall–Kier alpha value is -2.43.